The molecule has 0 aliphatic rings. The molecule has 0 amide bonds. The van der Waals surface area contributed by atoms with Crippen molar-refractivity contribution in [2.75, 3.05) is 0 Å². The summed E-state index contributed by atoms with van der Waals surface area (Å²) in [5.74, 6) is 0.169. The van der Waals surface area contributed by atoms with Crippen molar-refractivity contribution >= 4 is 0 Å². The number of hydrogen-bond donors (Lipinski definition) is 2. The molecular weight excluding hydrogens is 188 g/mol. The Bertz CT molecular complexity index is 437. The van der Waals surface area contributed by atoms with E-state index in [1.165, 1.54) is 0 Å². The summed E-state index contributed by atoms with van der Waals surface area (Å²) in [4.78, 5) is 0. The molecule has 2 aromatic carbocycles. The van der Waals surface area contributed by atoms with Gasteiger partial charge >= 0.3 is 0 Å². The Morgan fingerprint density at radius 3 is 2.13 bits per heavy atom. The van der Waals surface area contributed by atoms with Gasteiger partial charge in [0, 0.05) is 0 Å². The van der Waals surface area contributed by atoms with Crippen molar-refractivity contribution in [2.24, 2.45) is 0 Å². The first-order valence-corrected chi connectivity index (χ1v) is 4.79. The molecule has 0 saturated heterocycles. The number of aromatic hydroxyl groups is 1. The number of phenolic OH excluding ortho intramolecular Hbond substituents is 1. The van der Waals surface area contributed by atoms with Gasteiger partial charge in [-0.2, -0.15) is 0 Å². The lowest BCUT2D eigenvalue weighted by atomic mass is 10.0. The molecule has 1 atom stereocenters. The van der Waals surface area contributed by atoms with Crippen LogP contribution < -0.4 is 0 Å². The summed E-state index contributed by atoms with van der Waals surface area (Å²) in [6.07, 6.45) is -0.682. The molecule has 2 aromatic rings. The van der Waals surface area contributed by atoms with E-state index in [1.54, 1.807) is 24.3 Å². The molecule has 0 bridgehead atoms. The van der Waals surface area contributed by atoms with Gasteiger partial charge in [-0.05, 0) is 23.3 Å². The fourth-order valence-electron chi connectivity index (χ4n) is 1.52. The molecule has 2 N–H and O–H groups in total. The maximum Gasteiger partial charge on any atom is 0.115 e. The number of aliphatic hydroxyl groups excluding tert-OH is 1. The van der Waals surface area contributed by atoms with Gasteiger partial charge < -0.3 is 10.2 Å². The lowest BCUT2D eigenvalue weighted by Crippen LogP contribution is -1.98. The van der Waals surface area contributed by atoms with Crippen molar-refractivity contribution in [2.45, 2.75) is 6.10 Å². The van der Waals surface area contributed by atoms with Gasteiger partial charge in [-0.15, -0.1) is 0 Å². The van der Waals surface area contributed by atoms with Crippen LogP contribution in [0.5, 0.6) is 5.75 Å². The van der Waals surface area contributed by atoms with E-state index in [-0.39, 0.29) is 5.75 Å². The number of rotatable bonds is 2. The van der Waals surface area contributed by atoms with Crippen molar-refractivity contribution in [3.8, 4) is 5.75 Å². The Kier molecular flexibility index (Phi) is 2.70. The molecule has 15 heavy (non-hydrogen) atoms. The molecule has 2 heteroatoms. The zero-order valence-electron chi connectivity index (χ0n) is 8.17. The lowest BCUT2D eigenvalue weighted by molar-refractivity contribution is 0.220. The third-order valence-corrected chi connectivity index (χ3v) is 2.30. The molecule has 0 unspecified atom stereocenters. The summed E-state index contributed by atoms with van der Waals surface area (Å²) < 4.78 is 0. The van der Waals surface area contributed by atoms with Crippen LogP contribution in [0.3, 0.4) is 0 Å². The van der Waals surface area contributed by atoms with E-state index in [1.807, 2.05) is 30.3 Å². The first kappa shape index (κ1) is 9.74. The first-order valence-electron chi connectivity index (χ1n) is 4.79. The first-order chi connectivity index (χ1) is 7.27. The maximum atomic E-state index is 10.0. The van der Waals surface area contributed by atoms with Gasteiger partial charge in [0.1, 0.15) is 11.9 Å². The molecule has 76 valence electrons. The fourth-order valence-corrected chi connectivity index (χ4v) is 1.52. The molecule has 2 nitrogen and oxygen atoms in total. The molecule has 0 spiro atoms. The lowest BCUT2D eigenvalue weighted by Gasteiger charge is -2.11. The molecule has 0 aliphatic carbocycles. The predicted molar refractivity (Wildman–Crippen MR) is 58.6 cm³/mol. The zero-order valence-corrected chi connectivity index (χ0v) is 8.17. The largest absolute Gasteiger partial charge is 0.508 e. The highest BCUT2D eigenvalue weighted by molar-refractivity contribution is 5.34. The maximum absolute atomic E-state index is 10.0. The summed E-state index contributed by atoms with van der Waals surface area (Å²) >= 11 is 0. The molecule has 0 aliphatic heterocycles. The summed E-state index contributed by atoms with van der Waals surface area (Å²) in [6, 6.07) is 16.0. The highest BCUT2D eigenvalue weighted by atomic mass is 16.3. The average Bonchev–Trinajstić information content (AvgIpc) is 2.29. The summed E-state index contributed by atoms with van der Waals surface area (Å²) in [7, 11) is 0. The number of aliphatic hydroxyl groups is 1. The topological polar surface area (TPSA) is 40.5 Å². The summed E-state index contributed by atoms with van der Waals surface area (Å²) in [6.45, 7) is 0. The Balaban J connectivity index is 2.32. The molecular formula is C13H12O2. The molecule has 0 aromatic heterocycles. The fraction of sp³-hybridized carbons (Fsp3) is 0.0769. The normalized spacial score (nSPS) is 12.3. The molecule has 0 heterocycles. The van der Waals surface area contributed by atoms with E-state index in [9.17, 15) is 10.2 Å². The van der Waals surface area contributed by atoms with Gasteiger partial charge in [-0.3, -0.25) is 0 Å². The van der Waals surface area contributed by atoms with Gasteiger partial charge in [-0.25, -0.2) is 0 Å². The highest BCUT2D eigenvalue weighted by Crippen LogP contribution is 2.23. The van der Waals surface area contributed by atoms with Crippen molar-refractivity contribution < 1.29 is 10.2 Å². The summed E-state index contributed by atoms with van der Waals surface area (Å²) in [5.41, 5.74) is 1.52. The third-order valence-electron chi connectivity index (χ3n) is 2.30. The minimum Gasteiger partial charge on any atom is -0.508 e. The van der Waals surface area contributed by atoms with Gasteiger partial charge in [0.2, 0.25) is 0 Å². The Hall–Kier alpha value is -1.80. The Labute approximate surface area is 88.4 Å². The Morgan fingerprint density at radius 2 is 1.47 bits per heavy atom. The molecule has 0 fully saturated rings. The van der Waals surface area contributed by atoms with Crippen LogP contribution in [0.1, 0.15) is 17.2 Å². The van der Waals surface area contributed by atoms with E-state index in [0.717, 1.165) is 5.56 Å². The van der Waals surface area contributed by atoms with Gasteiger partial charge in [0.05, 0.1) is 0 Å². The number of benzene rings is 2. The third kappa shape index (κ3) is 2.17. The zero-order chi connectivity index (χ0) is 10.7. The monoisotopic (exact) mass is 200 g/mol. The molecule has 2 rings (SSSR count). The van der Waals surface area contributed by atoms with Crippen LogP contribution in [0.4, 0.5) is 0 Å². The van der Waals surface area contributed by atoms with Crippen LogP contribution in [0.25, 0.3) is 0 Å². The average molecular weight is 200 g/mol. The number of hydrogen-bond acceptors (Lipinski definition) is 2. The quantitative estimate of drug-likeness (QED) is 0.781. The van der Waals surface area contributed by atoms with E-state index < -0.39 is 6.10 Å². The van der Waals surface area contributed by atoms with Crippen molar-refractivity contribution in [1.82, 2.24) is 0 Å². The molecule has 0 saturated carbocycles. The van der Waals surface area contributed by atoms with Crippen molar-refractivity contribution in [3.63, 3.8) is 0 Å². The second-order valence-corrected chi connectivity index (χ2v) is 3.41. The van der Waals surface area contributed by atoms with Gasteiger partial charge in [0.15, 0.2) is 0 Å². The Morgan fingerprint density at radius 1 is 0.800 bits per heavy atom. The summed E-state index contributed by atoms with van der Waals surface area (Å²) in [5, 5.41) is 19.3. The van der Waals surface area contributed by atoms with Crippen LogP contribution in [-0.4, -0.2) is 10.2 Å². The second-order valence-electron chi connectivity index (χ2n) is 3.41. The van der Waals surface area contributed by atoms with Crippen LogP contribution in [0.15, 0.2) is 54.6 Å². The van der Waals surface area contributed by atoms with Crippen molar-refractivity contribution in [1.29, 1.82) is 0 Å². The van der Waals surface area contributed by atoms with Crippen LogP contribution >= 0.6 is 0 Å². The van der Waals surface area contributed by atoms with Crippen LogP contribution in [0.2, 0.25) is 0 Å². The SMILES string of the molecule is Oc1cccc([C@H](O)c2ccccc2)c1. The smallest absolute Gasteiger partial charge is 0.115 e. The minimum absolute atomic E-state index is 0.169. The van der Waals surface area contributed by atoms with E-state index in [4.69, 9.17) is 0 Å². The van der Waals surface area contributed by atoms with Crippen LogP contribution in [-0.2, 0) is 0 Å². The van der Waals surface area contributed by atoms with Crippen molar-refractivity contribution in [3.05, 3.63) is 65.7 Å². The predicted octanol–water partition coefficient (Wildman–Crippen LogP) is 2.47. The van der Waals surface area contributed by atoms with E-state index >= 15 is 0 Å². The van der Waals surface area contributed by atoms with Gasteiger partial charge in [-0.1, -0.05) is 42.5 Å². The van der Waals surface area contributed by atoms with E-state index in [2.05, 4.69) is 0 Å². The highest BCUT2D eigenvalue weighted by Gasteiger charge is 2.09. The minimum atomic E-state index is -0.682. The van der Waals surface area contributed by atoms with E-state index in [0.29, 0.717) is 5.56 Å². The second kappa shape index (κ2) is 4.15. The van der Waals surface area contributed by atoms with Gasteiger partial charge in [0.25, 0.3) is 0 Å². The standard InChI is InChI=1S/C13H12O2/c14-12-8-4-7-11(9-12)13(15)10-5-2-1-3-6-10/h1-9,13-15H/t13-/m1/s1. The molecule has 0 radical (unpaired) electrons. The number of phenols is 1. The van der Waals surface area contributed by atoms with Crippen LogP contribution in [0, 0.1) is 0 Å².